The molecule has 40 heavy (non-hydrogen) atoms. The van der Waals surface area contributed by atoms with Crippen LogP contribution in [-0.4, -0.2) is 72.6 Å². The standard InChI is InChI=1S/C30H33NO9/c1-34-24-13-19-11-12-31(29(32)20-14-26(36-3)28(38-5)27(15-20)37-4)23(22(19)16-25(24)35-2)17-40-21-9-7-18(8-10-21)30(33)39-6/h7-10,13-16,23H,11-12,17H2,1-6H3. The van der Waals surface area contributed by atoms with Gasteiger partial charge in [0.2, 0.25) is 5.75 Å². The van der Waals surface area contributed by atoms with E-state index in [4.69, 9.17) is 33.2 Å². The molecule has 0 spiro atoms. The van der Waals surface area contributed by atoms with Crippen LogP contribution in [0.25, 0.3) is 0 Å². The Labute approximate surface area is 233 Å². The summed E-state index contributed by atoms with van der Waals surface area (Å²) in [7, 11) is 9.01. The van der Waals surface area contributed by atoms with Crippen molar-refractivity contribution in [3.63, 3.8) is 0 Å². The van der Waals surface area contributed by atoms with Gasteiger partial charge in [0, 0.05) is 12.1 Å². The minimum Gasteiger partial charge on any atom is -0.493 e. The molecule has 10 nitrogen and oxygen atoms in total. The first-order chi connectivity index (χ1) is 19.4. The Kier molecular flexibility index (Phi) is 8.88. The Morgan fingerprint density at radius 3 is 1.90 bits per heavy atom. The minimum atomic E-state index is -0.463. The summed E-state index contributed by atoms with van der Waals surface area (Å²) in [6, 6.07) is 13.3. The highest BCUT2D eigenvalue weighted by Crippen LogP contribution is 2.41. The zero-order valence-electron chi connectivity index (χ0n) is 23.4. The molecule has 1 amide bonds. The van der Waals surface area contributed by atoms with Gasteiger partial charge in [-0.25, -0.2) is 4.79 Å². The van der Waals surface area contributed by atoms with Gasteiger partial charge in [-0.05, 0) is 66.1 Å². The van der Waals surface area contributed by atoms with Gasteiger partial charge in [0.25, 0.3) is 5.91 Å². The Hall–Kier alpha value is -4.60. The fourth-order valence-corrected chi connectivity index (χ4v) is 4.80. The molecule has 0 saturated carbocycles. The maximum Gasteiger partial charge on any atom is 0.337 e. The Balaban J connectivity index is 1.72. The molecule has 0 bridgehead atoms. The first kappa shape index (κ1) is 28.4. The van der Waals surface area contributed by atoms with Gasteiger partial charge in [-0.3, -0.25) is 4.79 Å². The number of nitrogens with zero attached hydrogens (tertiary/aromatic N) is 1. The molecule has 1 atom stereocenters. The number of hydrogen-bond donors (Lipinski definition) is 0. The fraction of sp³-hybridized carbons (Fsp3) is 0.333. The Bertz CT molecular complexity index is 1350. The SMILES string of the molecule is COC(=O)c1ccc(OCC2c3cc(OC)c(OC)cc3CCN2C(=O)c2cc(OC)c(OC)c(OC)c2)cc1. The van der Waals surface area contributed by atoms with Crippen LogP contribution in [0.15, 0.2) is 48.5 Å². The first-order valence-electron chi connectivity index (χ1n) is 12.6. The predicted molar refractivity (Wildman–Crippen MR) is 146 cm³/mol. The molecule has 1 aliphatic rings. The van der Waals surface area contributed by atoms with Crippen LogP contribution in [0.2, 0.25) is 0 Å². The normalized spacial score (nSPS) is 14.1. The summed E-state index contributed by atoms with van der Waals surface area (Å²) >= 11 is 0. The molecule has 4 rings (SSSR count). The number of amides is 1. The molecule has 0 N–H and O–H groups in total. The molecule has 0 radical (unpaired) electrons. The van der Waals surface area contributed by atoms with Gasteiger partial charge in [0.1, 0.15) is 12.4 Å². The molecule has 0 aliphatic carbocycles. The first-order valence-corrected chi connectivity index (χ1v) is 12.6. The summed E-state index contributed by atoms with van der Waals surface area (Å²) in [5, 5.41) is 0. The van der Waals surface area contributed by atoms with E-state index in [9.17, 15) is 9.59 Å². The van der Waals surface area contributed by atoms with Gasteiger partial charge in [0.05, 0.1) is 54.3 Å². The molecule has 1 aliphatic heterocycles. The summed E-state index contributed by atoms with van der Waals surface area (Å²) in [6.07, 6.45) is 0.607. The highest BCUT2D eigenvalue weighted by Gasteiger charge is 2.34. The molecule has 1 heterocycles. The van der Waals surface area contributed by atoms with Crippen LogP contribution in [0.3, 0.4) is 0 Å². The van der Waals surface area contributed by atoms with E-state index in [1.165, 1.54) is 28.4 Å². The molecule has 0 saturated heterocycles. The third-order valence-electron chi connectivity index (χ3n) is 6.86. The number of carbonyl (C=O) groups excluding carboxylic acids is 2. The molecule has 0 aromatic heterocycles. The third-order valence-corrected chi connectivity index (χ3v) is 6.86. The number of esters is 1. The smallest absolute Gasteiger partial charge is 0.337 e. The number of benzene rings is 3. The average Bonchev–Trinajstić information content (AvgIpc) is 3.01. The van der Waals surface area contributed by atoms with E-state index in [0.29, 0.717) is 58.6 Å². The molecule has 0 fully saturated rings. The van der Waals surface area contributed by atoms with Crippen molar-refractivity contribution in [2.45, 2.75) is 12.5 Å². The van der Waals surface area contributed by atoms with Crippen molar-refractivity contribution in [2.24, 2.45) is 0 Å². The summed E-state index contributed by atoms with van der Waals surface area (Å²) in [5.74, 6) is 2.21. The van der Waals surface area contributed by atoms with Crippen LogP contribution in [0.5, 0.6) is 34.5 Å². The monoisotopic (exact) mass is 551 g/mol. The van der Waals surface area contributed by atoms with Crippen molar-refractivity contribution >= 4 is 11.9 Å². The molecule has 212 valence electrons. The molecule has 1 unspecified atom stereocenters. The quantitative estimate of drug-likeness (QED) is 0.341. The fourth-order valence-electron chi connectivity index (χ4n) is 4.80. The molecule has 10 heteroatoms. The lowest BCUT2D eigenvalue weighted by Gasteiger charge is -2.37. The Morgan fingerprint density at radius 2 is 1.35 bits per heavy atom. The molecule has 3 aromatic carbocycles. The van der Waals surface area contributed by atoms with Gasteiger partial charge >= 0.3 is 5.97 Å². The van der Waals surface area contributed by atoms with E-state index in [1.54, 1.807) is 55.5 Å². The second-order valence-corrected chi connectivity index (χ2v) is 8.91. The second-order valence-electron chi connectivity index (χ2n) is 8.91. The average molecular weight is 552 g/mol. The number of methoxy groups -OCH3 is 6. The van der Waals surface area contributed by atoms with Gasteiger partial charge in [-0.1, -0.05) is 0 Å². The van der Waals surface area contributed by atoms with Crippen LogP contribution in [0, 0.1) is 0 Å². The lowest BCUT2D eigenvalue weighted by molar-refractivity contribution is 0.0582. The van der Waals surface area contributed by atoms with Gasteiger partial charge in [-0.2, -0.15) is 0 Å². The van der Waals surface area contributed by atoms with Gasteiger partial charge < -0.3 is 38.1 Å². The van der Waals surface area contributed by atoms with Crippen LogP contribution < -0.4 is 28.4 Å². The largest absolute Gasteiger partial charge is 0.493 e. The lowest BCUT2D eigenvalue weighted by atomic mass is 9.91. The van der Waals surface area contributed by atoms with Crippen LogP contribution in [0.1, 0.15) is 37.9 Å². The minimum absolute atomic E-state index is 0.149. The summed E-state index contributed by atoms with van der Waals surface area (Å²) < 4.78 is 38.4. The number of hydrogen-bond acceptors (Lipinski definition) is 9. The summed E-state index contributed by atoms with van der Waals surface area (Å²) in [6.45, 7) is 0.587. The second kappa shape index (κ2) is 12.5. The van der Waals surface area contributed by atoms with Crippen molar-refractivity contribution < 1.29 is 42.7 Å². The summed E-state index contributed by atoms with van der Waals surface area (Å²) in [4.78, 5) is 27.6. The Morgan fingerprint density at radius 1 is 0.750 bits per heavy atom. The van der Waals surface area contributed by atoms with Crippen LogP contribution in [0.4, 0.5) is 0 Å². The molecule has 3 aromatic rings. The predicted octanol–water partition coefficient (Wildman–Crippen LogP) is 4.33. The number of ether oxygens (including phenoxy) is 7. The van der Waals surface area contributed by atoms with Crippen LogP contribution in [-0.2, 0) is 11.2 Å². The highest BCUT2D eigenvalue weighted by atomic mass is 16.5. The maximum absolute atomic E-state index is 14.0. The van der Waals surface area contributed by atoms with E-state index < -0.39 is 12.0 Å². The van der Waals surface area contributed by atoms with E-state index in [-0.39, 0.29) is 12.5 Å². The van der Waals surface area contributed by atoms with Gasteiger partial charge in [-0.15, -0.1) is 0 Å². The lowest BCUT2D eigenvalue weighted by Crippen LogP contribution is -2.42. The van der Waals surface area contributed by atoms with Crippen molar-refractivity contribution in [3.05, 3.63) is 70.8 Å². The number of fused-ring (bicyclic) bond motifs is 1. The van der Waals surface area contributed by atoms with E-state index in [2.05, 4.69) is 0 Å². The van der Waals surface area contributed by atoms with E-state index >= 15 is 0 Å². The third kappa shape index (κ3) is 5.56. The number of carbonyl (C=O) groups is 2. The van der Waals surface area contributed by atoms with Gasteiger partial charge in [0.15, 0.2) is 23.0 Å². The van der Waals surface area contributed by atoms with Crippen molar-refractivity contribution in [2.75, 3.05) is 55.8 Å². The van der Waals surface area contributed by atoms with Crippen molar-refractivity contribution in [1.29, 1.82) is 0 Å². The van der Waals surface area contributed by atoms with E-state index in [1.807, 2.05) is 12.1 Å². The number of rotatable bonds is 10. The van der Waals surface area contributed by atoms with Crippen molar-refractivity contribution in [3.8, 4) is 34.5 Å². The topological polar surface area (TPSA) is 102 Å². The molecular weight excluding hydrogens is 518 g/mol. The zero-order valence-corrected chi connectivity index (χ0v) is 23.4. The molecular formula is C30H33NO9. The zero-order chi connectivity index (χ0) is 28.8. The van der Waals surface area contributed by atoms with Crippen molar-refractivity contribution in [1.82, 2.24) is 4.90 Å². The highest BCUT2D eigenvalue weighted by molar-refractivity contribution is 5.96. The van der Waals surface area contributed by atoms with Crippen LogP contribution >= 0.6 is 0 Å². The van der Waals surface area contributed by atoms with E-state index in [0.717, 1.165) is 11.1 Å². The maximum atomic E-state index is 14.0. The summed E-state index contributed by atoms with van der Waals surface area (Å²) in [5.41, 5.74) is 2.71.